The van der Waals surface area contributed by atoms with E-state index in [4.69, 9.17) is 0 Å². The minimum absolute atomic E-state index is 0.0385. The molecule has 18 heavy (non-hydrogen) atoms. The zero-order valence-corrected chi connectivity index (χ0v) is 11.2. The second-order valence-electron chi connectivity index (χ2n) is 4.63. The second kappa shape index (κ2) is 4.68. The summed E-state index contributed by atoms with van der Waals surface area (Å²) in [4.78, 5) is 17.6. The third-order valence-corrected chi connectivity index (χ3v) is 4.75. The van der Waals surface area contributed by atoms with Crippen LogP contribution in [-0.4, -0.2) is 53.0 Å². The van der Waals surface area contributed by atoms with Crippen molar-refractivity contribution in [2.75, 3.05) is 18.6 Å². The Bertz CT molecular complexity index is 551. The molecule has 0 bridgehead atoms. The van der Waals surface area contributed by atoms with Crippen molar-refractivity contribution >= 4 is 15.7 Å². The van der Waals surface area contributed by atoms with Crippen molar-refractivity contribution in [2.24, 2.45) is 5.92 Å². The molecule has 0 aromatic carbocycles. The standard InChI is InChI=1S/C10H16N4O3S/c1-7-11-9(13-12-7)5-14(2)10(15)8-3-4-18(16,17)6-8/h8H,3-6H2,1-2H3,(H,11,12,13). The summed E-state index contributed by atoms with van der Waals surface area (Å²) < 4.78 is 22.7. The van der Waals surface area contributed by atoms with E-state index in [-0.39, 0.29) is 17.4 Å². The molecular formula is C10H16N4O3S. The van der Waals surface area contributed by atoms with Gasteiger partial charge in [0, 0.05) is 7.05 Å². The van der Waals surface area contributed by atoms with Crippen molar-refractivity contribution in [3.63, 3.8) is 0 Å². The van der Waals surface area contributed by atoms with Crippen molar-refractivity contribution in [1.82, 2.24) is 20.1 Å². The van der Waals surface area contributed by atoms with E-state index in [1.165, 1.54) is 4.90 Å². The van der Waals surface area contributed by atoms with Gasteiger partial charge in [-0.1, -0.05) is 0 Å². The molecule has 100 valence electrons. The molecule has 0 saturated carbocycles. The van der Waals surface area contributed by atoms with Gasteiger partial charge in [-0.2, -0.15) is 5.10 Å². The van der Waals surface area contributed by atoms with Gasteiger partial charge < -0.3 is 4.90 Å². The number of aromatic nitrogens is 3. The third kappa shape index (κ3) is 2.87. The minimum Gasteiger partial charge on any atom is -0.338 e. The average Bonchev–Trinajstić information content (AvgIpc) is 2.83. The molecule has 8 heteroatoms. The van der Waals surface area contributed by atoms with Crippen LogP contribution in [0, 0.1) is 12.8 Å². The highest BCUT2D eigenvalue weighted by Gasteiger charge is 2.34. The van der Waals surface area contributed by atoms with Crippen molar-refractivity contribution in [2.45, 2.75) is 19.9 Å². The maximum Gasteiger partial charge on any atom is 0.226 e. The van der Waals surface area contributed by atoms with Crippen LogP contribution in [0.4, 0.5) is 0 Å². The fraction of sp³-hybridized carbons (Fsp3) is 0.700. The molecule has 2 heterocycles. The van der Waals surface area contributed by atoms with Crippen LogP contribution < -0.4 is 0 Å². The van der Waals surface area contributed by atoms with Crippen LogP contribution in [-0.2, 0) is 21.2 Å². The van der Waals surface area contributed by atoms with E-state index in [0.717, 1.165) is 0 Å². The predicted molar refractivity (Wildman–Crippen MR) is 64.4 cm³/mol. The lowest BCUT2D eigenvalue weighted by molar-refractivity contribution is -0.134. The molecule has 1 atom stereocenters. The van der Waals surface area contributed by atoms with Gasteiger partial charge in [0.05, 0.1) is 24.0 Å². The maximum absolute atomic E-state index is 12.0. The smallest absolute Gasteiger partial charge is 0.226 e. The van der Waals surface area contributed by atoms with E-state index < -0.39 is 15.8 Å². The number of nitrogens with zero attached hydrogens (tertiary/aromatic N) is 3. The normalized spacial score (nSPS) is 22.0. The van der Waals surface area contributed by atoms with E-state index in [9.17, 15) is 13.2 Å². The van der Waals surface area contributed by atoms with Gasteiger partial charge in [0.25, 0.3) is 0 Å². The van der Waals surface area contributed by atoms with Gasteiger partial charge in [-0.25, -0.2) is 13.4 Å². The van der Waals surface area contributed by atoms with Crippen LogP contribution in [0.1, 0.15) is 18.1 Å². The Morgan fingerprint density at radius 1 is 1.56 bits per heavy atom. The van der Waals surface area contributed by atoms with Gasteiger partial charge in [-0.3, -0.25) is 9.89 Å². The summed E-state index contributed by atoms with van der Waals surface area (Å²) in [7, 11) is -1.39. The quantitative estimate of drug-likeness (QED) is 0.800. The number of hydrogen-bond acceptors (Lipinski definition) is 5. The number of carbonyl (C=O) groups is 1. The topological polar surface area (TPSA) is 96.0 Å². The molecule has 1 unspecified atom stereocenters. The van der Waals surface area contributed by atoms with Crippen LogP contribution in [0.15, 0.2) is 0 Å². The predicted octanol–water partition coefficient (Wildman–Crippen LogP) is -0.494. The molecule has 1 aromatic heterocycles. The van der Waals surface area contributed by atoms with E-state index in [1.54, 1.807) is 14.0 Å². The first-order valence-corrected chi connectivity index (χ1v) is 7.53. The van der Waals surface area contributed by atoms with Crippen molar-refractivity contribution < 1.29 is 13.2 Å². The lowest BCUT2D eigenvalue weighted by Gasteiger charge is -2.18. The first-order chi connectivity index (χ1) is 8.37. The van der Waals surface area contributed by atoms with Crippen molar-refractivity contribution in [1.29, 1.82) is 0 Å². The highest BCUT2D eigenvalue weighted by Crippen LogP contribution is 2.20. The number of sulfone groups is 1. The highest BCUT2D eigenvalue weighted by atomic mass is 32.2. The number of amides is 1. The third-order valence-electron chi connectivity index (χ3n) is 2.98. The molecule has 0 radical (unpaired) electrons. The number of aromatic amines is 1. The van der Waals surface area contributed by atoms with Crippen LogP contribution in [0.3, 0.4) is 0 Å². The van der Waals surface area contributed by atoms with Crippen LogP contribution in [0.2, 0.25) is 0 Å². The van der Waals surface area contributed by atoms with E-state index in [1.807, 2.05) is 0 Å². The number of carbonyl (C=O) groups excluding carboxylic acids is 1. The van der Waals surface area contributed by atoms with Gasteiger partial charge in [-0.05, 0) is 13.3 Å². The fourth-order valence-electron chi connectivity index (χ4n) is 2.05. The number of rotatable bonds is 3. The average molecular weight is 272 g/mol. The Kier molecular flexibility index (Phi) is 3.38. The second-order valence-corrected chi connectivity index (χ2v) is 6.86. The number of H-pyrrole nitrogens is 1. The highest BCUT2D eigenvalue weighted by molar-refractivity contribution is 7.91. The Labute approximate surface area is 106 Å². The van der Waals surface area contributed by atoms with E-state index >= 15 is 0 Å². The maximum atomic E-state index is 12.0. The lowest BCUT2D eigenvalue weighted by atomic mass is 10.1. The summed E-state index contributed by atoms with van der Waals surface area (Å²) in [5, 5.41) is 6.65. The molecule has 1 aliphatic heterocycles. The molecule has 1 aliphatic rings. The largest absolute Gasteiger partial charge is 0.338 e. The van der Waals surface area contributed by atoms with Crippen molar-refractivity contribution in [3.05, 3.63) is 11.6 Å². The molecule has 7 nitrogen and oxygen atoms in total. The van der Waals surface area contributed by atoms with Crippen LogP contribution >= 0.6 is 0 Å². The zero-order chi connectivity index (χ0) is 13.3. The van der Waals surface area contributed by atoms with Gasteiger partial charge >= 0.3 is 0 Å². The van der Waals surface area contributed by atoms with Gasteiger partial charge in [0.1, 0.15) is 5.82 Å². The fourth-order valence-corrected chi connectivity index (χ4v) is 3.78. The molecule has 0 spiro atoms. The number of aryl methyl sites for hydroxylation is 1. The molecule has 0 aliphatic carbocycles. The molecule has 1 fully saturated rings. The van der Waals surface area contributed by atoms with Crippen LogP contribution in [0.5, 0.6) is 0 Å². The summed E-state index contributed by atoms with van der Waals surface area (Å²) in [5.41, 5.74) is 0. The molecule has 1 saturated heterocycles. The first kappa shape index (κ1) is 13.0. The molecular weight excluding hydrogens is 256 g/mol. The van der Waals surface area contributed by atoms with Crippen molar-refractivity contribution in [3.8, 4) is 0 Å². The molecule has 2 rings (SSSR count). The monoisotopic (exact) mass is 272 g/mol. The lowest BCUT2D eigenvalue weighted by Crippen LogP contribution is -2.33. The van der Waals surface area contributed by atoms with Gasteiger partial charge in [-0.15, -0.1) is 0 Å². The Morgan fingerprint density at radius 2 is 2.28 bits per heavy atom. The Morgan fingerprint density at radius 3 is 2.78 bits per heavy atom. The molecule has 1 aromatic rings. The Hall–Kier alpha value is -1.44. The minimum atomic E-state index is -3.03. The summed E-state index contributed by atoms with van der Waals surface area (Å²) in [6, 6.07) is 0. The Balaban J connectivity index is 1.97. The molecule has 1 N–H and O–H groups in total. The summed E-state index contributed by atoms with van der Waals surface area (Å²) in [6.07, 6.45) is 0.415. The van der Waals surface area contributed by atoms with Gasteiger partial charge in [0.2, 0.25) is 5.91 Å². The van der Waals surface area contributed by atoms with Crippen LogP contribution in [0.25, 0.3) is 0 Å². The zero-order valence-electron chi connectivity index (χ0n) is 10.4. The molecule has 1 amide bonds. The number of hydrogen-bond donors (Lipinski definition) is 1. The number of nitrogens with one attached hydrogen (secondary N) is 1. The summed E-state index contributed by atoms with van der Waals surface area (Å²) >= 11 is 0. The van der Waals surface area contributed by atoms with E-state index in [0.29, 0.717) is 24.6 Å². The van der Waals surface area contributed by atoms with Gasteiger partial charge in [0.15, 0.2) is 15.7 Å². The summed E-state index contributed by atoms with van der Waals surface area (Å²) in [5.74, 6) is 0.720. The first-order valence-electron chi connectivity index (χ1n) is 5.71. The summed E-state index contributed by atoms with van der Waals surface area (Å²) in [6.45, 7) is 2.07. The SMILES string of the molecule is Cc1nc(CN(C)C(=O)C2CCS(=O)(=O)C2)n[nH]1. The van der Waals surface area contributed by atoms with E-state index in [2.05, 4.69) is 15.2 Å².